The highest BCUT2D eigenvalue weighted by molar-refractivity contribution is 5.37. The molecule has 0 aliphatic heterocycles. The van der Waals surface area contributed by atoms with Crippen molar-refractivity contribution in [2.45, 2.75) is 19.3 Å². The summed E-state index contributed by atoms with van der Waals surface area (Å²) in [5, 5.41) is 0. The van der Waals surface area contributed by atoms with E-state index in [9.17, 15) is 8.78 Å². The van der Waals surface area contributed by atoms with Gasteiger partial charge in [-0.2, -0.15) is 0 Å². The van der Waals surface area contributed by atoms with Crippen LogP contribution in [0.15, 0.2) is 12.1 Å². The molecule has 0 radical (unpaired) electrons. The monoisotopic (exact) mass is 227 g/mol. The Kier molecular flexibility index (Phi) is 2.84. The SMILES string of the molecule is COc1c(F)cc(F)cc1CC1(CN)CC1. The summed E-state index contributed by atoms with van der Waals surface area (Å²) in [6.45, 7) is 0.550. The van der Waals surface area contributed by atoms with Crippen LogP contribution in [0.2, 0.25) is 0 Å². The molecule has 2 N–H and O–H groups in total. The third kappa shape index (κ3) is 2.02. The van der Waals surface area contributed by atoms with E-state index in [-0.39, 0.29) is 11.2 Å². The normalized spacial score (nSPS) is 17.2. The van der Waals surface area contributed by atoms with Crippen molar-refractivity contribution in [1.82, 2.24) is 0 Å². The van der Waals surface area contributed by atoms with Gasteiger partial charge < -0.3 is 10.5 Å². The number of rotatable bonds is 4. The van der Waals surface area contributed by atoms with Crippen LogP contribution in [-0.4, -0.2) is 13.7 Å². The minimum absolute atomic E-state index is 0.0352. The Hall–Kier alpha value is -1.16. The summed E-state index contributed by atoms with van der Waals surface area (Å²) in [6, 6.07) is 2.17. The molecule has 0 heterocycles. The van der Waals surface area contributed by atoms with Crippen LogP contribution in [-0.2, 0) is 6.42 Å². The van der Waals surface area contributed by atoms with Crippen molar-refractivity contribution in [1.29, 1.82) is 0 Å². The number of hydrogen-bond acceptors (Lipinski definition) is 2. The van der Waals surface area contributed by atoms with E-state index in [1.54, 1.807) is 0 Å². The van der Waals surface area contributed by atoms with E-state index in [0.29, 0.717) is 18.5 Å². The van der Waals surface area contributed by atoms with Gasteiger partial charge in [0.2, 0.25) is 0 Å². The number of hydrogen-bond donors (Lipinski definition) is 1. The maximum atomic E-state index is 13.4. The molecule has 1 saturated carbocycles. The maximum absolute atomic E-state index is 13.4. The summed E-state index contributed by atoms with van der Waals surface area (Å²) in [4.78, 5) is 0. The van der Waals surface area contributed by atoms with Crippen molar-refractivity contribution in [2.24, 2.45) is 11.1 Å². The summed E-state index contributed by atoms with van der Waals surface area (Å²) >= 11 is 0. The first-order valence-corrected chi connectivity index (χ1v) is 5.32. The predicted octanol–water partition coefficient (Wildman–Crippen LogP) is 2.25. The lowest BCUT2D eigenvalue weighted by molar-refractivity contribution is 0.372. The minimum Gasteiger partial charge on any atom is -0.493 e. The summed E-state index contributed by atoms with van der Waals surface area (Å²) in [7, 11) is 1.39. The highest BCUT2D eigenvalue weighted by Crippen LogP contribution is 2.48. The van der Waals surface area contributed by atoms with E-state index >= 15 is 0 Å². The zero-order valence-electron chi connectivity index (χ0n) is 9.22. The third-order valence-corrected chi connectivity index (χ3v) is 3.24. The second kappa shape index (κ2) is 4.01. The molecule has 16 heavy (non-hydrogen) atoms. The largest absolute Gasteiger partial charge is 0.493 e. The molecular formula is C12H15F2NO. The van der Waals surface area contributed by atoms with Gasteiger partial charge in [0.25, 0.3) is 0 Å². The Morgan fingerprint density at radius 3 is 2.56 bits per heavy atom. The smallest absolute Gasteiger partial charge is 0.168 e. The maximum Gasteiger partial charge on any atom is 0.168 e. The molecule has 1 aliphatic rings. The molecule has 0 saturated heterocycles. The van der Waals surface area contributed by atoms with Gasteiger partial charge in [-0.15, -0.1) is 0 Å². The highest BCUT2D eigenvalue weighted by atomic mass is 19.1. The number of halogens is 2. The van der Waals surface area contributed by atoms with Crippen molar-refractivity contribution in [2.75, 3.05) is 13.7 Å². The molecular weight excluding hydrogens is 212 g/mol. The van der Waals surface area contributed by atoms with Gasteiger partial charge in [-0.25, -0.2) is 8.78 Å². The number of methoxy groups -OCH3 is 1. The van der Waals surface area contributed by atoms with E-state index < -0.39 is 11.6 Å². The van der Waals surface area contributed by atoms with Crippen LogP contribution in [0.1, 0.15) is 18.4 Å². The van der Waals surface area contributed by atoms with Gasteiger partial charge >= 0.3 is 0 Å². The van der Waals surface area contributed by atoms with E-state index in [4.69, 9.17) is 10.5 Å². The van der Waals surface area contributed by atoms with Crippen LogP contribution in [0.4, 0.5) is 8.78 Å². The van der Waals surface area contributed by atoms with Crippen LogP contribution in [0.25, 0.3) is 0 Å². The van der Waals surface area contributed by atoms with E-state index in [2.05, 4.69) is 0 Å². The van der Waals surface area contributed by atoms with Gasteiger partial charge in [0.15, 0.2) is 11.6 Å². The van der Waals surface area contributed by atoms with E-state index in [1.165, 1.54) is 13.2 Å². The van der Waals surface area contributed by atoms with E-state index in [1.807, 2.05) is 0 Å². The van der Waals surface area contributed by atoms with Gasteiger partial charge in [-0.1, -0.05) is 0 Å². The lowest BCUT2D eigenvalue weighted by Gasteiger charge is -2.15. The Morgan fingerprint density at radius 1 is 1.38 bits per heavy atom. The van der Waals surface area contributed by atoms with Crippen LogP contribution in [0.3, 0.4) is 0 Å². The standard InChI is InChI=1S/C12H15F2NO/c1-16-11-8(4-9(13)5-10(11)14)6-12(7-15)2-3-12/h4-5H,2-3,6-7,15H2,1H3. The summed E-state index contributed by atoms with van der Waals surface area (Å²) in [5.41, 5.74) is 6.26. The van der Waals surface area contributed by atoms with Crippen LogP contribution < -0.4 is 10.5 Å². The topological polar surface area (TPSA) is 35.2 Å². The summed E-state index contributed by atoms with van der Waals surface area (Å²) < 4.78 is 31.5. The van der Waals surface area contributed by atoms with E-state index in [0.717, 1.165) is 18.9 Å². The fourth-order valence-corrected chi connectivity index (χ4v) is 2.01. The molecule has 0 unspecified atom stereocenters. The molecule has 0 atom stereocenters. The first-order chi connectivity index (χ1) is 7.60. The Morgan fingerprint density at radius 2 is 2.06 bits per heavy atom. The molecule has 2 rings (SSSR count). The Labute approximate surface area is 93.4 Å². The predicted molar refractivity (Wildman–Crippen MR) is 57.3 cm³/mol. The van der Waals surface area contributed by atoms with Crippen LogP contribution >= 0.6 is 0 Å². The van der Waals surface area contributed by atoms with Gasteiger partial charge in [0, 0.05) is 11.6 Å². The van der Waals surface area contributed by atoms with Crippen molar-refractivity contribution in [3.05, 3.63) is 29.3 Å². The molecule has 88 valence electrons. The average Bonchev–Trinajstić information content (AvgIpc) is 2.98. The molecule has 4 heteroatoms. The lowest BCUT2D eigenvalue weighted by Crippen LogP contribution is -2.18. The fraction of sp³-hybridized carbons (Fsp3) is 0.500. The minimum atomic E-state index is -0.648. The molecule has 1 aromatic carbocycles. The zero-order valence-corrected chi connectivity index (χ0v) is 9.22. The molecule has 0 aromatic heterocycles. The van der Waals surface area contributed by atoms with Crippen LogP contribution in [0.5, 0.6) is 5.75 Å². The molecule has 0 bridgehead atoms. The van der Waals surface area contributed by atoms with Crippen molar-refractivity contribution in [3.63, 3.8) is 0 Å². The Balaban J connectivity index is 2.31. The second-order valence-electron chi connectivity index (χ2n) is 4.46. The molecule has 1 fully saturated rings. The number of benzene rings is 1. The second-order valence-corrected chi connectivity index (χ2v) is 4.46. The lowest BCUT2D eigenvalue weighted by atomic mass is 9.96. The van der Waals surface area contributed by atoms with Crippen molar-refractivity contribution in [3.8, 4) is 5.75 Å². The van der Waals surface area contributed by atoms with Gasteiger partial charge in [0.1, 0.15) is 5.82 Å². The summed E-state index contributed by atoms with van der Waals surface area (Å²) in [5.74, 6) is -1.08. The molecule has 1 aliphatic carbocycles. The first kappa shape index (κ1) is 11.3. The first-order valence-electron chi connectivity index (χ1n) is 5.32. The van der Waals surface area contributed by atoms with Crippen molar-refractivity contribution >= 4 is 0 Å². The molecule has 0 spiro atoms. The van der Waals surface area contributed by atoms with Gasteiger partial charge in [-0.05, 0) is 37.3 Å². The summed E-state index contributed by atoms with van der Waals surface area (Å²) in [6.07, 6.45) is 2.62. The van der Waals surface area contributed by atoms with Gasteiger partial charge in [0.05, 0.1) is 7.11 Å². The molecule has 0 amide bonds. The molecule has 2 nitrogen and oxygen atoms in total. The number of nitrogens with two attached hydrogens (primary N) is 1. The van der Waals surface area contributed by atoms with Gasteiger partial charge in [-0.3, -0.25) is 0 Å². The Bertz CT molecular complexity index is 402. The highest BCUT2D eigenvalue weighted by Gasteiger charge is 2.41. The zero-order chi connectivity index (χ0) is 11.8. The average molecular weight is 227 g/mol. The molecule has 1 aromatic rings. The fourth-order valence-electron chi connectivity index (χ4n) is 2.01. The van der Waals surface area contributed by atoms with Crippen LogP contribution in [0, 0.1) is 17.0 Å². The van der Waals surface area contributed by atoms with Crippen molar-refractivity contribution < 1.29 is 13.5 Å². The quantitative estimate of drug-likeness (QED) is 0.856. The number of ether oxygens (including phenoxy) is 1. The third-order valence-electron chi connectivity index (χ3n) is 3.24.